The zero-order valence-electron chi connectivity index (χ0n) is 10.00. The largest absolute Gasteiger partial charge is 0.396 e. The summed E-state index contributed by atoms with van der Waals surface area (Å²) in [6.45, 7) is 0. The third-order valence-corrected chi connectivity index (χ3v) is 4.69. The van der Waals surface area contributed by atoms with Gasteiger partial charge in [-0.3, -0.25) is 0 Å². The van der Waals surface area contributed by atoms with Crippen LogP contribution in [0.15, 0.2) is 51.3 Å². The number of pyridine rings is 1. The van der Waals surface area contributed by atoms with Crippen molar-refractivity contribution in [2.45, 2.75) is 14.8 Å². The molecule has 4 nitrogen and oxygen atoms in total. The molecule has 0 fully saturated rings. The number of hydrogen-bond acceptors (Lipinski definition) is 5. The molecule has 0 atom stereocenters. The van der Waals surface area contributed by atoms with Crippen molar-refractivity contribution in [3.63, 3.8) is 0 Å². The lowest BCUT2D eigenvalue weighted by atomic mass is 10.4. The maximum absolute atomic E-state index is 11.3. The lowest BCUT2D eigenvalue weighted by molar-refractivity contribution is 0.602. The third-order valence-electron chi connectivity index (χ3n) is 2.31. The molecule has 2 N–H and O–H groups in total. The zero-order chi connectivity index (χ0) is 14.0. The lowest BCUT2D eigenvalue weighted by Gasteiger charge is -2.05. The average molecular weight is 315 g/mol. The number of sulfone groups is 1. The van der Waals surface area contributed by atoms with Gasteiger partial charge in [0, 0.05) is 17.3 Å². The fraction of sp³-hybridized carbons (Fsp3) is 0.0833. The van der Waals surface area contributed by atoms with Crippen LogP contribution in [0.5, 0.6) is 0 Å². The molecule has 0 amide bonds. The predicted octanol–water partition coefficient (Wildman–Crippen LogP) is 2.87. The SMILES string of the molecule is CS(=O)(=O)c1ccc(Sc2ncc(Cl)cc2N)cc1. The fourth-order valence-corrected chi connectivity index (χ4v) is 2.97. The van der Waals surface area contributed by atoms with Gasteiger partial charge in [0.1, 0.15) is 5.03 Å². The Morgan fingerprint density at radius 2 is 1.89 bits per heavy atom. The van der Waals surface area contributed by atoms with Gasteiger partial charge in [0.05, 0.1) is 15.6 Å². The highest BCUT2D eigenvalue weighted by Crippen LogP contribution is 2.31. The van der Waals surface area contributed by atoms with Crippen molar-refractivity contribution in [1.29, 1.82) is 0 Å². The lowest BCUT2D eigenvalue weighted by Crippen LogP contribution is -1.96. The average Bonchev–Trinajstić information content (AvgIpc) is 2.32. The van der Waals surface area contributed by atoms with E-state index in [1.165, 1.54) is 24.2 Å². The fourth-order valence-electron chi connectivity index (χ4n) is 1.39. The van der Waals surface area contributed by atoms with Gasteiger partial charge < -0.3 is 5.73 Å². The second-order valence-electron chi connectivity index (χ2n) is 3.89. The van der Waals surface area contributed by atoms with Crippen LogP contribution in [0.1, 0.15) is 0 Å². The molecule has 1 aromatic carbocycles. The number of rotatable bonds is 3. The summed E-state index contributed by atoms with van der Waals surface area (Å²) in [6, 6.07) is 8.18. The Morgan fingerprint density at radius 3 is 2.42 bits per heavy atom. The van der Waals surface area contributed by atoms with E-state index in [1.54, 1.807) is 30.3 Å². The Balaban J connectivity index is 2.25. The summed E-state index contributed by atoms with van der Waals surface area (Å²) in [6.07, 6.45) is 2.69. The molecule has 0 unspecified atom stereocenters. The van der Waals surface area contributed by atoms with Gasteiger partial charge in [0.15, 0.2) is 9.84 Å². The normalized spacial score (nSPS) is 11.5. The molecule has 0 spiro atoms. The van der Waals surface area contributed by atoms with Crippen LogP contribution in [0.25, 0.3) is 0 Å². The summed E-state index contributed by atoms with van der Waals surface area (Å²) in [4.78, 5) is 5.27. The number of nitrogens with zero attached hydrogens (tertiary/aromatic N) is 1. The molecule has 0 aliphatic heterocycles. The van der Waals surface area contributed by atoms with Crippen molar-refractivity contribution < 1.29 is 8.42 Å². The third kappa shape index (κ3) is 3.62. The summed E-state index contributed by atoms with van der Waals surface area (Å²) in [7, 11) is -3.17. The molecule has 1 heterocycles. The minimum atomic E-state index is -3.17. The minimum absolute atomic E-state index is 0.286. The number of anilines is 1. The highest BCUT2D eigenvalue weighted by molar-refractivity contribution is 7.99. The molecule has 2 aromatic rings. The first-order valence-corrected chi connectivity index (χ1v) is 8.34. The maximum Gasteiger partial charge on any atom is 0.175 e. The molecule has 0 aliphatic carbocycles. The Morgan fingerprint density at radius 1 is 1.26 bits per heavy atom. The topological polar surface area (TPSA) is 73.0 Å². The first kappa shape index (κ1) is 14.2. The van der Waals surface area contributed by atoms with Gasteiger partial charge >= 0.3 is 0 Å². The highest BCUT2D eigenvalue weighted by Gasteiger charge is 2.08. The van der Waals surface area contributed by atoms with Crippen LogP contribution in [-0.4, -0.2) is 19.7 Å². The van der Waals surface area contributed by atoms with E-state index in [0.717, 1.165) is 4.90 Å². The van der Waals surface area contributed by atoms with Crippen molar-refractivity contribution in [3.8, 4) is 0 Å². The minimum Gasteiger partial charge on any atom is -0.396 e. The second-order valence-corrected chi connectivity index (χ2v) is 7.41. The quantitative estimate of drug-likeness (QED) is 0.943. The Hall–Kier alpha value is -1.24. The van der Waals surface area contributed by atoms with Gasteiger partial charge in [-0.05, 0) is 30.3 Å². The summed E-state index contributed by atoms with van der Waals surface area (Å²) >= 11 is 7.13. The number of hydrogen-bond donors (Lipinski definition) is 1. The van der Waals surface area contributed by atoms with Gasteiger partial charge in [0.2, 0.25) is 0 Å². The monoisotopic (exact) mass is 314 g/mol. The van der Waals surface area contributed by atoms with E-state index in [1.807, 2.05) is 0 Å². The summed E-state index contributed by atoms with van der Waals surface area (Å²) in [5.74, 6) is 0. The van der Waals surface area contributed by atoms with E-state index in [-0.39, 0.29) is 4.90 Å². The van der Waals surface area contributed by atoms with Gasteiger partial charge in [-0.2, -0.15) is 0 Å². The predicted molar refractivity (Wildman–Crippen MR) is 77.3 cm³/mol. The van der Waals surface area contributed by atoms with Crippen molar-refractivity contribution in [2.24, 2.45) is 0 Å². The molecule has 19 heavy (non-hydrogen) atoms. The van der Waals surface area contributed by atoms with Crippen molar-refractivity contribution in [3.05, 3.63) is 41.6 Å². The van der Waals surface area contributed by atoms with Gasteiger partial charge in [-0.25, -0.2) is 13.4 Å². The molecule has 0 aliphatic rings. The molecule has 2 rings (SSSR count). The molecule has 1 aromatic heterocycles. The van der Waals surface area contributed by atoms with E-state index in [9.17, 15) is 8.42 Å². The second kappa shape index (κ2) is 5.40. The van der Waals surface area contributed by atoms with Crippen LogP contribution in [0.2, 0.25) is 5.02 Å². The van der Waals surface area contributed by atoms with Crippen LogP contribution < -0.4 is 5.73 Å². The maximum atomic E-state index is 11.3. The molecule has 7 heteroatoms. The first-order chi connectivity index (χ1) is 8.86. The molecule has 0 bridgehead atoms. The summed E-state index contributed by atoms with van der Waals surface area (Å²) in [5.41, 5.74) is 6.30. The van der Waals surface area contributed by atoms with Gasteiger partial charge in [0.25, 0.3) is 0 Å². The van der Waals surface area contributed by atoms with Crippen LogP contribution in [0.3, 0.4) is 0 Å². The van der Waals surface area contributed by atoms with Crippen LogP contribution >= 0.6 is 23.4 Å². The van der Waals surface area contributed by atoms with Crippen LogP contribution in [0.4, 0.5) is 5.69 Å². The number of nitrogen functional groups attached to an aromatic ring is 1. The summed E-state index contributed by atoms with van der Waals surface area (Å²) < 4.78 is 22.7. The standard InChI is InChI=1S/C12H11ClN2O2S2/c1-19(16,17)10-4-2-9(3-5-10)18-12-11(14)6-8(13)7-15-12/h2-7H,14H2,1H3. The van der Waals surface area contributed by atoms with E-state index < -0.39 is 9.84 Å². The van der Waals surface area contributed by atoms with E-state index >= 15 is 0 Å². The number of benzene rings is 1. The number of aromatic nitrogens is 1. The number of halogens is 1. The Kier molecular flexibility index (Phi) is 4.03. The smallest absolute Gasteiger partial charge is 0.175 e. The van der Waals surface area contributed by atoms with Crippen molar-refractivity contribution in [1.82, 2.24) is 4.98 Å². The zero-order valence-corrected chi connectivity index (χ0v) is 12.4. The van der Waals surface area contributed by atoms with E-state index in [2.05, 4.69) is 4.98 Å². The van der Waals surface area contributed by atoms with E-state index in [4.69, 9.17) is 17.3 Å². The molecule has 0 saturated heterocycles. The summed E-state index contributed by atoms with van der Waals surface area (Å²) in [5, 5.41) is 1.12. The Labute approximate surface area is 120 Å². The Bertz CT molecular complexity index is 700. The molecule has 100 valence electrons. The van der Waals surface area contributed by atoms with Crippen LogP contribution in [-0.2, 0) is 9.84 Å². The van der Waals surface area contributed by atoms with Crippen LogP contribution in [0, 0.1) is 0 Å². The molecule has 0 saturated carbocycles. The van der Waals surface area contributed by atoms with Gasteiger partial charge in [-0.15, -0.1) is 0 Å². The van der Waals surface area contributed by atoms with E-state index in [0.29, 0.717) is 15.7 Å². The van der Waals surface area contributed by atoms with Crippen molar-refractivity contribution >= 4 is 38.9 Å². The first-order valence-electron chi connectivity index (χ1n) is 5.25. The number of nitrogens with two attached hydrogens (primary N) is 1. The molecule has 0 radical (unpaired) electrons. The highest BCUT2D eigenvalue weighted by atomic mass is 35.5. The molecular formula is C12H11ClN2O2S2. The molecular weight excluding hydrogens is 304 g/mol. The van der Waals surface area contributed by atoms with Gasteiger partial charge in [-0.1, -0.05) is 23.4 Å². The van der Waals surface area contributed by atoms with Crippen molar-refractivity contribution in [2.75, 3.05) is 12.0 Å².